The van der Waals surface area contributed by atoms with E-state index in [1.54, 1.807) is 4.90 Å². The molecule has 0 atom stereocenters. The Balaban J connectivity index is 1.84. The lowest BCUT2D eigenvalue weighted by Gasteiger charge is -2.39. The summed E-state index contributed by atoms with van der Waals surface area (Å²) in [6.45, 7) is 8.12. The minimum atomic E-state index is -1.08. The highest BCUT2D eigenvalue weighted by molar-refractivity contribution is 5.93. The Morgan fingerprint density at radius 3 is 2.50 bits per heavy atom. The van der Waals surface area contributed by atoms with Crippen molar-refractivity contribution in [3.05, 3.63) is 29.8 Å². The maximum absolute atomic E-state index is 11.5. The first kappa shape index (κ1) is 16.3. The van der Waals surface area contributed by atoms with Gasteiger partial charge in [-0.15, -0.1) is 0 Å². The van der Waals surface area contributed by atoms with Crippen molar-refractivity contribution in [2.45, 2.75) is 32.6 Å². The van der Waals surface area contributed by atoms with E-state index in [1.165, 1.54) is 0 Å². The smallest absolute Gasteiger partial charge is 0.312 e. The minimum Gasteiger partial charge on any atom is -0.493 e. The SMILES string of the molecule is CC(C)(C)c1ccccc1OCC1CN(C(=O)CC(=O)O)C1. The molecular formula is C17H23NO4. The van der Waals surface area contributed by atoms with Crippen LogP contribution in [-0.2, 0) is 15.0 Å². The van der Waals surface area contributed by atoms with Crippen LogP contribution in [0.4, 0.5) is 0 Å². The van der Waals surface area contributed by atoms with Gasteiger partial charge in [0.25, 0.3) is 0 Å². The van der Waals surface area contributed by atoms with E-state index >= 15 is 0 Å². The molecule has 0 spiro atoms. The average Bonchev–Trinajstić information content (AvgIpc) is 2.35. The Morgan fingerprint density at radius 2 is 1.91 bits per heavy atom. The van der Waals surface area contributed by atoms with Crippen molar-refractivity contribution in [3.63, 3.8) is 0 Å². The zero-order chi connectivity index (χ0) is 16.3. The van der Waals surface area contributed by atoms with Crippen molar-refractivity contribution in [1.82, 2.24) is 4.90 Å². The fourth-order valence-electron chi connectivity index (χ4n) is 2.54. The first-order valence-electron chi connectivity index (χ1n) is 7.49. The maximum Gasteiger partial charge on any atom is 0.312 e. The molecule has 120 valence electrons. The number of carboxylic acid groups (broad SMARTS) is 1. The van der Waals surface area contributed by atoms with E-state index in [-0.39, 0.29) is 17.2 Å². The molecule has 2 rings (SSSR count). The molecule has 1 fully saturated rings. The lowest BCUT2D eigenvalue weighted by molar-refractivity contribution is -0.147. The number of para-hydroxylation sites is 1. The molecular weight excluding hydrogens is 282 g/mol. The van der Waals surface area contributed by atoms with Gasteiger partial charge < -0.3 is 14.7 Å². The molecule has 0 unspecified atom stereocenters. The van der Waals surface area contributed by atoms with Gasteiger partial charge in [0.2, 0.25) is 5.91 Å². The summed E-state index contributed by atoms with van der Waals surface area (Å²) in [5, 5.41) is 8.60. The van der Waals surface area contributed by atoms with E-state index in [0.717, 1.165) is 11.3 Å². The highest BCUT2D eigenvalue weighted by Crippen LogP contribution is 2.31. The average molecular weight is 305 g/mol. The summed E-state index contributed by atoms with van der Waals surface area (Å²) in [6, 6.07) is 7.99. The number of nitrogens with zero attached hydrogens (tertiary/aromatic N) is 1. The van der Waals surface area contributed by atoms with Crippen molar-refractivity contribution in [1.29, 1.82) is 0 Å². The number of likely N-dealkylation sites (tertiary alicyclic amines) is 1. The number of hydrogen-bond acceptors (Lipinski definition) is 3. The number of carboxylic acids is 1. The summed E-state index contributed by atoms with van der Waals surface area (Å²) in [4.78, 5) is 23.6. The number of amides is 1. The second-order valence-electron chi connectivity index (χ2n) is 6.79. The summed E-state index contributed by atoms with van der Waals surface area (Å²) in [5.74, 6) is -0.251. The maximum atomic E-state index is 11.5. The van der Waals surface area contributed by atoms with Crippen LogP contribution in [0.1, 0.15) is 32.8 Å². The minimum absolute atomic E-state index is 0.0136. The molecule has 1 aliphatic heterocycles. The summed E-state index contributed by atoms with van der Waals surface area (Å²) in [6.07, 6.45) is -0.430. The van der Waals surface area contributed by atoms with Crippen molar-refractivity contribution in [2.24, 2.45) is 5.92 Å². The molecule has 1 aliphatic rings. The lowest BCUT2D eigenvalue weighted by atomic mass is 9.86. The molecule has 0 aromatic heterocycles. The fraction of sp³-hybridized carbons (Fsp3) is 0.529. The van der Waals surface area contributed by atoms with Gasteiger partial charge in [0, 0.05) is 19.0 Å². The molecule has 0 radical (unpaired) electrons. The first-order valence-corrected chi connectivity index (χ1v) is 7.49. The predicted molar refractivity (Wildman–Crippen MR) is 83.0 cm³/mol. The van der Waals surface area contributed by atoms with Crippen LogP contribution >= 0.6 is 0 Å². The number of aliphatic carboxylic acids is 1. The molecule has 0 aliphatic carbocycles. The van der Waals surface area contributed by atoms with Gasteiger partial charge in [-0.1, -0.05) is 39.0 Å². The molecule has 5 nitrogen and oxygen atoms in total. The van der Waals surface area contributed by atoms with Crippen molar-refractivity contribution in [3.8, 4) is 5.75 Å². The summed E-state index contributed by atoms with van der Waals surface area (Å²) in [7, 11) is 0. The number of benzene rings is 1. The Hall–Kier alpha value is -2.04. The molecule has 1 aromatic carbocycles. The Bertz CT molecular complexity index is 556. The van der Waals surface area contributed by atoms with Crippen molar-refractivity contribution >= 4 is 11.9 Å². The Kier molecular flexibility index (Phi) is 4.74. The third-order valence-electron chi connectivity index (χ3n) is 3.78. The zero-order valence-corrected chi connectivity index (χ0v) is 13.3. The number of carbonyl (C=O) groups excluding carboxylic acids is 1. The monoisotopic (exact) mass is 305 g/mol. The topological polar surface area (TPSA) is 66.8 Å². The fourth-order valence-corrected chi connectivity index (χ4v) is 2.54. The van der Waals surface area contributed by atoms with Crippen LogP contribution in [0.3, 0.4) is 0 Å². The van der Waals surface area contributed by atoms with Crippen LogP contribution in [0.15, 0.2) is 24.3 Å². The number of hydrogen-bond donors (Lipinski definition) is 1. The van der Waals surface area contributed by atoms with E-state index in [9.17, 15) is 9.59 Å². The van der Waals surface area contributed by atoms with Gasteiger partial charge in [-0.25, -0.2) is 0 Å². The summed E-state index contributed by atoms with van der Waals surface area (Å²) >= 11 is 0. The normalized spacial score (nSPS) is 15.3. The van der Waals surface area contributed by atoms with Gasteiger partial charge in [-0.3, -0.25) is 9.59 Å². The number of ether oxygens (including phenoxy) is 1. The largest absolute Gasteiger partial charge is 0.493 e. The van der Waals surface area contributed by atoms with E-state index in [4.69, 9.17) is 9.84 Å². The van der Waals surface area contributed by atoms with Crippen LogP contribution in [0.2, 0.25) is 0 Å². The van der Waals surface area contributed by atoms with Gasteiger partial charge in [-0.2, -0.15) is 0 Å². The van der Waals surface area contributed by atoms with Gasteiger partial charge in [0.1, 0.15) is 12.2 Å². The van der Waals surface area contributed by atoms with E-state index < -0.39 is 12.4 Å². The quantitative estimate of drug-likeness (QED) is 0.848. The van der Waals surface area contributed by atoms with Gasteiger partial charge in [0.15, 0.2) is 0 Å². The summed E-state index contributed by atoms with van der Waals surface area (Å²) < 4.78 is 5.92. The Morgan fingerprint density at radius 1 is 1.27 bits per heavy atom. The van der Waals surface area contributed by atoms with Gasteiger partial charge in [0.05, 0.1) is 6.61 Å². The van der Waals surface area contributed by atoms with Crippen LogP contribution in [0.25, 0.3) is 0 Å². The first-order chi connectivity index (χ1) is 10.3. The van der Waals surface area contributed by atoms with Crippen LogP contribution in [0.5, 0.6) is 5.75 Å². The molecule has 0 bridgehead atoms. The zero-order valence-electron chi connectivity index (χ0n) is 13.3. The molecule has 5 heteroatoms. The molecule has 1 saturated heterocycles. The second kappa shape index (κ2) is 6.38. The number of carbonyl (C=O) groups is 2. The van der Waals surface area contributed by atoms with E-state index in [2.05, 4.69) is 26.8 Å². The Labute approximate surface area is 130 Å². The second-order valence-corrected chi connectivity index (χ2v) is 6.79. The predicted octanol–water partition coefficient (Wildman–Crippen LogP) is 2.30. The van der Waals surface area contributed by atoms with E-state index in [0.29, 0.717) is 19.7 Å². The molecule has 1 aromatic rings. The molecule has 22 heavy (non-hydrogen) atoms. The van der Waals surface area contributed by atoms with Crippen LogP contribution in [0, 0.1) is 5.92 Å². The molecule has 1 N–H and O–H groups in total. The molecule has 1 heterocycles. The number of rotatable bonds is 5. The lowest BCUT2D eigenvalue weighted by Crippen LogP contribution is -2.52. The third kappa shape index (κ3) is 4.00. The van der Waals surface area contributed by atoms with Gasteiger partial charge in [-0.05, 0) is 17.0 Å². The summed E-state index contributed by atoms with van der Waals surface area (Å²) in [5.41, 5.74) is 1.17. The third-order valence-corrected chi connectivity index (χ3v) is 3.78. The highest BCUT2D eigenvalue weighted by Gasteiger charge is 2.32. The van der Waals surface area contributed by atoms with Crippen LogP contribution < -0.4 is 4.74 Å². The van der Waals surface area contributed by atoms with Crippen molar-refractivity contribution < 1.29 is 19.4 Å². The van der Waals surface area contributed by atoms with Crippen molar-refractivity contribution in [2.75, 3.05) is 19.7 Å². The van der Waals surface area contributed by atoms with E-state index in [1.807, 2.05) is 18.2 Å². The highest BCUT2D eigenvalue weighted by atomic mass is 16.5. The molecule has 1 amide bonds. The van der Waals surface area contributed by atoms with Gasteiger partial charge >= 0.3 is 5.97 Å². The molecule has 0 saturated carbocycles. The standard InChI is InChI=1S/C17H23NO4/c1-17(2,3)13-6-4-5-7-14(13)22-11-12-9-18(10-12)15(19)8-16(20)21/h4-7,12H,8-11H2,1-3H3,(H,20,21). The van der Waals surface area contributed by atoms with Crippen LogP contribution in [-0.4, -0.2) is 41.6 Å².